The Morgan fingerprint density at radius 1 is 1.14 bits per heavy atom. The van der Waals surface area contributed by atoms with Crippen molar-refractivity contribution in [2.45, 2.75) is 12.8 Å². The van der Waals surface area contributed by atoms with E-state index in [1.54, 1.807) is 0 Å². The Kier molecular flexibility index (Phi) is 4.80. The first-order chi connectivity index (χ1) is 13.1. The van der Waals surface area contributed by atoms with E-state index in [0.29, 0.717) is 0 Å². The molecule has 0 saturated carbocycles. The number of benzene rings is 1. The highest BCUT2D eigenvalue weighted by Crippen LogP contribution is 2.37. The SMILES string of the molecule is Cn1c(COC(=O)c2cnc3ccccc3c2C(F)(F)F)cc(=O)n(C)c1=O. The van der Waals surface area contributed by atoms with Gasteiger partial charge in [-0.1, -0.05) is 18.2 Å². The van der Waals surface area contributed by atoms with Crippen molar-refractivity contribution in [2.24, 2.45) is 14.1 Å². The highest BCUT2D eigenvalue weighted by molar-refractivity contribution is 5.97. The van der Waals surface area contributed by atoms with Crippen LogP contribution in [0.3, 0.4) is 0 Å². The van der Waals surface area contributed by atoms with Crippen LogP contribution in [0.2, 0.25) is 0 Å². The number of hydrogen-bond donors (Lipinski definition) is 0. The third-order valence-electron chi connectivity index (χ3n) is 4.26. The van der Waals surface area contributed by atoms with E-state index in [2.05, 4.69) is 4.98 Å². The summed E-state index contributed by atoms with van der Waals surface area (Å²) in [7, 11) is 2.63. The van der Waals surface area contributed by atoms with Crippen molar-refractivity contribution in [3.63, 3.8) is 0 Å². The Morgan fingerprint density at radius 2 is 1.82 bits per heavy atom. The van der Waals surface area contributed by atoms with Crippen LogP contribution in [0.25, 0.3) is 10.9 Å². The van der Waals surface area contributed by atoms with Crippen LogP contribution in [0.4, 0.5) is 13.2 Å². The maximum absolute atomic E-state index is 13.6. The topological polar surface area (TPSA) is 83.2 Å². The van der Waals surface area contributed by atoms with E-state index in [9.17, 15) is 27.6 Å². The lowest BCUT2D eigenvalue weighted by Crippen LogP contribution is -2.38. The number of esters is 1. The van der Waals surface area contributed by atoms with Crippen LogP contribution in [-0.2, 0) is 31.6 Å². The molecule has 2 heterocycles. The standard InChI is InChI=1S/C18H14F3N3O4/c1-23-10(7-14(25)24(2)17(23)27)9-28-16(26)12-8-22-13-6-4-3-5-11(13)15(12)18(19,20)21/h3-8H,9H2,1-2H3. The summed E-state index contributed by atoms with van der Waals surface area (Å²) in [6.07, 6.45) is -4.01. The molecule has 146 valence electrons. The lowest BCUT2D eigenvalue weighted by atomic mass is 10.0. The molecule has 7 nitrogen and oxygen atoms in total. The predicted octanol–water partition coefficient (Wildman–Crippen LogP) is 2.01. The number of ether oxygens (including phenoxy) is 1. The molecule has 0 spiro atoms. The molecule has 0 radical (unpaired) electrons. The largest absolute Gasteiger partial charge is 0.456 e. The van der Waals surface area contributed by atoms with Crippen LogP contribution in [0.15, 0.2) is 46.1 Å². The minimum absolute atomic E-state index is 0.0451. The van der Waals surface area contributed by atoms with Gasteiger partial charge in [0.05, 0.1) is 22.3 Å². The summed E-state index contributed by atoms with van der Waals surface area (Å²) in [6, 6.07) is 6.62. The molecule has 1 aromatic carbocycles. The Balaban J connectivity index is 1.99. The van der Waals surface area contributed by atoms with Gasteiger partial charge >= 0.3 is 17.8 Å². The van der Waals surface area contributed by atoms with Gasteiger partial charge in [0.2, 0.25) is 0 Å². The lowest BCUT2D eigenvalue weighted by Gasteiger charge is -2.15. The fourth-order valence-corrected chi connectivity index (χ4v) is 2.74. The Bertz CT molecular complexity index is 1200. The molecule has 3 rings (SSSR count). The number of halogens is 3. The van der Waals surface area contributed by atoms with Gasteiger partial charge in [0.1, 0.15) is 6.61 Å². The molecule has 0 aliphatic heterocycles. The molecule has 0 saturated heterocycles. The number of carbonyl (C=O) groups is 1. The zero-order valence-corrected chi connectivity index (χ0v) is 14.8. The van der Waals surface area contributed by atoms with Crippen molar-refractivity contribution in [3.8, 4) is 0 Å². The average Bonchev–Trinajstić information content (AvgIpc) is 2.66. The van der Waals surface area contributed by atoms with Crippen LogP contribution in [0, 0.1) is 0 Å². The van der Waals surface area contributed by atoms with Gasteiger partial charge in [-0.2, -0.15) is 13.2 Å². The van der Waals surface area contributed by atoms with E-state index in [0.717, 1.165) is 21.4 Å². The summed E-state index contributed by atoms with van der Waals surface area (Å²) >= 11 is 0. The Hall–Kier alpha value is -3.43. The third kappa shape index (κ3) is 3.40. The van der Waals surface area contributed by atoms with Crippen molar-refractivity contribution in [3.05, 3.63) is 74.2 Å². The van der Waals surface area contributed by atoms with Gasteiger partial charge < -0.3 is 4.74 Å². The highest BCUT2D eigenvalue weighted by Gasteiger charge is 2.38. The Morgan fingerprint density at radius 3 is 2.50 bits per heavy atom. The number of hydrogen-bond acceptors (Lipinski definition) is 5. The molecule has 2 aromatic heterocycles. The number of aromatic nitrogens is 3. The molecule has 0 N–H and O–H groups in total. The number of pyridine rings is 1. The fraction of sp³-hybridized carbons (Fsp3) is 0.222. The molecular formula is C18H14F3N3O4. The molecule has 28 heavy (non-hydrogen) atoms. The minimum Gasteiger partial charge on any atom is -0.456 e. The van der Waals surface area contributed by atoms with E-state index in [1.807, 2.05) is 0 Å². The number of nitrogens with zero attached hydrogens (tertiary/aromatic N) is 3. The van der Waals surface area contributed by atoms with Crippen LogP contribution in [0.1, 0.15) is 21.6 Å². The van der Waals surface area contributed by atoms with Gasteiger partial charge in [0, 0.05) is 31.7 Å². The molecule has 0 unspecified atom stereocenters. The number of para-hydroxylation sites is 1. The van der Waals surface area contributed by atoms with Crippen molar-refractivity contribution in [1.29, 1.82) is 0 Å². The van der Waals surface area contributed by atoms with E-state index in [4.69, 9.17) is 4.74 Å². The van der Waals surface area contributed by atoms with Crippen molar-refractivity contribution >= 4 is 16.9 Å². The quantitative estimate of drug-likeness (QED) is 0.636. The first-order valence-electron chi connectivity index (χ1n) is 7.99. The maximum atomic E-state index is 13.6. The molecule has 3 aromatic rings. The minimum atomic E-state index is -4.81. The van der Waals surface area contributed by atoms with Crippen LogP contribution in [-0.4, -0.2) is 20.1 Å². The smallest absolute Gasteiger partial charge is 0.417 e. The van der Waals surface area contributed by atoms with Gasteiger partial charge in [-0.25, -0.2) is 9.59 Å². The first-order valence-corrected chi connectivity index (χ1v) is 7.99. The van der Waals surface area contributed by atoms with Crippen molar-refractivity contribution in [2.75, 3.05) is 0 Å². The summed E-state index contributed by atoms with van der Waals surface area (Å²) in [4.78, 5) is 39.8. The molecule has 0 fully saturated rings. The van der Waals surface area contributed by atoms with Crippen molar-refractivity contribution < 1.29 is 22.7 Å². The highest BCUT2D eigenvalue weighted by atomic mass is 19.4. The molecule has 0 aliphatic carbocycles. The van der Waals surface area contributed by atoms with Gasteiger partial charge in [0.25, 0.3) is 5.56 Å². The number of carbonyl (C=O) groups excluding carboxylic acids is 1. The van der Waals surface area contributed by atoms with E-state index >= 15 is 0 Å². The summed E-state index contributed by atoms with van der Waals surface area (Å²) in [5.74, 6) is -1.27. The third-order valence-corrected chi connectivity index (χ3v) is 4.26. The number of alkyl halides is 3. The normalized spacial score (nSPS) is 11.6. The number of rotatable bonds is 3. The second-order valence-electron chi connectivity index (χ2n) is 6.01. The monoisotopic (exact) mass is 393 g/mol. The second-order valence-corrected chi connectivity index (χ2v) is 6.01. The summed E-state index contributed by atoms with van der Waals surface area (Å²) < 4.78 is 47.6. The van der Waals surface area contributed by atoms with Gasteiger partial charge in [-0.15, -0.1) is 0 Å². The summed E-state index contributed by atoms with van der Waals surface area (Å²) in [5, 5.41) is -0.231. The maximum Gasteiger partial charge on any atom is 0.417 e. The molecule has 10 heteroatoms. The molecule has 0 aliphatic rings. The molecule has 0 amide bonds. The van der Waals surface area contributed by atoms with Gasteiger partial charge in [-0.3, -0.25) is 18.9 Å². The molecule has 0 bridgehead atoms. The van der Waals surface area contributed by atoms with Gasteiger partial charge in [-0.05, 0) is 6.07 Å². The zero-order valence-electron chi connectivity index (χ0n) is 14.8. The van der Waals surface area contributed by atoms with Crippen LogP contribution < -0.4 is 11.2 Å². The van der Waals surface area contributed by atoms with Crippen molar-refractivity contribution in [1.82, 2.24) is 14.1 Å². The number of fused-ring (bicyclic) bond motifs is 1. The van der Waals surface area contributed by atoms with E-state index in [-0.39, 0.29) is 16.6 Å². The average molecular weight is 393 g/mol. The van der Waals surface area contributed by atoms with Crippen LogP contribution >= 0.6 is 0 Å². The predicted molar refractivity (Wildman–Crippen MR) is 92.8 cm³/mol. The molecule has 0 atom stereocenters. The van der Waals surface area contributed by atoms with Crippen LogP contribution in [0.5, 0.6) is 0 Å². The van der Waals surface area contributed by atoms with Gasteiger partial charge in [0.15, 0.2) is 0 Å². The first kappa shape index (κ1) is 19.3. The van der Waals surface area contributed by atoms with E-state index < -0.39 is 41.1 Å². The summed E-state index contributed by atoms with van der Waals surface area (Å²) in [6.45, 7) is -0.551. The van der Waals surface area contributed by atoms with E-state index in [1.165, 1.54) is 38.4 Å². The zero-order chi connectivity index (χ0) is 20.6. The fourth-order valence-electron chi connectivity index (χ4n) is 2.74. The lowest BCUT2D eigenvalue weighted by molar-refractivity contribution is -0.136. The summed E-state index contributed by atoms with van der Waals surface area (Å²) in [5.41, 5.74) is -3.05. The molecular weight excluding hydrogens is 379 g/mol. The Labute approximate surface area is 155 Å². The second kappa shape index (κ2) is 6.95.